The van der Waals surface area contributed by atoms with E-state index in [0.717, 1.165) is 68.9 Å². The lowest BCUT2D eigenvalue weighted by atomic mass is 10.0. The second-order valence-electron chi connectivity index (χ2n) is 11.0. The molecule has 0 aliphatic carbocycles. The van der Waals surface area contributed by atoms with E-state index < -0.39 is 0 Å². The van der Waals surface area contributed by atoms with Crippen molar-refractivity contribution in [2.75, 3.05) is 11.2 Å². The molecule has 0 fully saturated rings. The van der Waals surface area contributed by atoms with Crippen molar-refractivity contribution in [3.63, 3.8) is 0 Å². The molecule has 0 aromatic heterocycles. The van der Waals surface area contributed by atoms with Gasteiger partial charge in [-0.1, -0.05) is 121 Å². The van der Waals surface area contributed by atoms with Crippen molar-refractivity contribution in [1.29, 1.82) is 0 Å². The van der Waals surface area contributed by atoms with Crippen LogP contribution >= 0.6 is 11.8 Å². The first-order valence-electron chi connectivity index (χ1n) is 16.3. The van der Waals surface area contributed by atoms with E-state index in [0.29, 0.717) is 6.54 Å². The predicted molar refractivity (Wildman–Crippen MR) is 202 cm³/mol. The van der Waals surface area contributed by atoms with Crippen LogP contribution in [-0.4, -0.2) is 12.0 Å². The van der Waals surface area contributed by atoms with E-state index in [1.165, 1.54) is 32.1 Å². The van der Waals surface area contributed by atoms with Gasteiger partial charge in [-0.05, 0) is 91.1 Å². The molecule has 0 N–H and O–H groups in total. The molecule has 0 heterocycles. The van der Waals surface area contributed by atoms with Gasteiger partial charge in [0.15, 0.2) is 0 Å². The normalized spacial score (nSPS) is 11.0. The Bertz CT molecular complexity index is 1510. The average molecular weight is 617 g/mol. The standard InChI is InChI=1S/C35H36N2S.C7H16/c1-7-11-15-28(9-3)25-36-27(5)31-18-13-17-30(23-31)26-37(10-4)34-24-33(20-21-35(34)38-6)32-19-12-16-29(22-32)14-8-2;1-3-5-7-6-4-2/h4,9,12-13,16-25H,3,7,11,15,26H2,1-2,5-6H3;3-7H2,1-2H3/b28-25+,36-27?;. The van der Waals surface area contributed by atoms with Crippen molar-refractivity contribution in [2.45, 2.75) is 97.4 Å². The van der Waals surface area contributed by atoms with Gasteiger partial charge in [-0.2, -0.15) is 0 Å². The Morgan fingerprint density at radius 2 is 1.62 bits per heavy atom. The topological polar surface area (TPSA) is 15.6 Å². The lowest BCUT2D eigenvalue weighted by Crippen LogP contribution is -2.17. The van der Waals surface area contributed by atoms with Crippen LogP contribution in [0.5, 0.6) is 0 Å². The smallest absolute Gasteiger partial charge is 0.0634 e. The Kier molecular flexibility index (Phi) is 18.0. The van der Waals surface area contributed by atoms with Gasteiger partial charge in [0, 0.05) is 28.4 Å². The van der Waals surface area contributed by atoms with Crippen LogP contribution in [0.15, 0.2) is 101 Å². The number of thioether (sulfide) groups is 1. The molecule has 45 heavy (non-hydrogen) atoms. The SMILES string of the molecule is C#CN(Cc1cccc(C(C)=N/C=C(\C=C)CCCC)c1)c1cc(-c2cccc(C#CC)c2)ccc1SC.CCCCCCC. The first kappa shape index (κ1) is 37.3. The number of benzene rings is 3. The first-order chi connectivity index (χ1) is 21.9. The van der Waals surface area contributed by atoms with Crippen LogP contribution in [0.2, 0.25) is 0 Å². The Labute approximate surface area is 279 Å². The van der Waals surface area contributed by atoms with Crippen molar-refractivity contribution in [3.05, 3.63) is 108 Å². The van der Waals surface area contributed by atoms with Crippen LogP contribution in [0.1, 0.15) is 103 Å². The minimum absolute atomic E-state index is 0.597. The summed E-state index contributed by atoms with van der Waals surface area (Å²) in [6.45, 7) is 15.1. The Morgan fingerprint density at radius 1 is 0.911 bits per heavy atom. The number of anilines is 1. The third-order valence-corrected chi connectivity index (χ3v) is 8.27. The van der Waals surface area contributed by atoms with Gasteiger partial charge < -0.3 is 0 Å². The molecule has 0 saturated heterocycles. The zero-order valence-electron chi connectivity index (χ0n) is 28.5. The lowest BCUT2D eigenvalue weighted by Gasteiger charge is -2.22. The molecule has 0 amide bonds. The molecule has 3 heteroatoms. The highest BCUT2D eigenvalue weighted by Gasteiger charge is 2.13. The van der Waals surface area contributed by atoms with Gasteiger partial charge in [0.1, 0.15) is 0 Å². The Balaban J connectivity index is 0.000000900. The summed E-state index contributed by atoms with van der Waals surface area (Å²) < 4.78 is 0. The second-order valence-corrected chi connectivity index (χ2v) is 11.9. The summed E-state index contributed by atoms with van der Waals surface area (Å²) in [5.74, 6) is 6.13. The van der Waals surface area contributed by atoms with Crippen molar-refractivity contribution >= 4 is 23.2 Å². The fraction of sp³-hybridized carbons (Fsp3) is 0.357. The molecule has 0 unspecified atom stereocenters. The Hall–Kier alpha value is -3.92. The summed E-state index contributed by atoms with van der Waals surface area (Å²) in [6, 6.07) is 26.1. The second kappa shape index (κ2) is 21.7. The van der Waals surface area contributed by atoms with Crippen LogP contribution in [0.4, 0.5) is 5.69 Å². The van der Waals surface area contributed by atoms with Gasteiger partial charge in [0.05, 0.1) is 12.2 Å². The Morgan fingerprint density at radius 3 is 2.27 bits per heavy atom. The monoisotopic (exact) mass is 616 g/mol. The minimum Gasteiger partial charge on any atom is -0.296 e. The van der Waals surface area contributed by atoms with Crippen LogP contribution in [0, 0.1) is 24.3 Å². The maximum Gasteiger partial charge on any atom is 0.0634 e. The predicted octanol–water partition coefficient (Wildman–Crippen LogP) is 12.1. The van der Waals surface area contributed by atoms with Gasteiger partial charge in [0.2, 0.25) is 0 Å². The summed E-state index contributed by atoms with van der Waals surface area (Å²) in [6.07, 6.45) is 22.3. The van der Waals surface area contributed by atoms with Gasteiger partial charge in [-0.15, -0.1) is 17.7 Å². The molecule has 2 nitrogen and oxygen atoms in total. The lowest BCUT2D eigenvalue weighted by molar-refractivity contribution is 0.656. The molecule has 0 aliphatic heterocycles. The fourth-order valence-corrected chi connectivity index (χ4v) is 5.39. The summed E-state index contributed by atoms with van der Waals surface area (Å²) in [5, 5.41) is 0. The third-order valence-electron chi connectivity index (χ3n) is 7.49. The number of hydrogen-bond acceptors (Lipinski definition) is 3. The van der Waals surface area contributed by atoms with Crippen LogP contribution in [-0.2, 0) is 6.54 Å². The summed E-state index contributed by atoms with van der Waals surface area (Å²) >= 11 is 1.70. The van der Waals surface area contributed by atoms with Gasteiger partial charge in [0.25, 0.3) is 0 Å². The molecule has 236 valence electrons. The van der Waals surface area contributed by atoms with E-state index >= 15 is 0 Å². The molecule has 3 rings (SSSR count). The zero-order chi connectivity index (χ0) is 32.9. The minimum atomic E-state index is 0.597. The van der Waals surface area contributed by atoms with Gasteiger partial charge in [-0.3, -0.25) is 9.89 Å². The number of aliphatic imine (C=N–C) groups is 1. The van der Waals surface area contributed by atoms with Gasteiger partial charge >= 0.3 is 0 Å². The quantitative estimate of drug-likeness (QED) is 0.0421. The molecular weight excluding hydrogens is 565 g/mol. The molecule has 0 saturated carbocycles. The number of terminal acetylenes is 1. The van der Waals surface area contributed by atoms with Crippen LogP contribution in [0.3, 0.4) is 0 Å². The fourth-order valence-electron chi connectivity index (χ4n) is 4.81. The van der Waals surface area contributed by atoms with E-state index in [1.54, 1.807) is 11.8 Å². The highest BCUT2D eigenvalue weighted by atomic mass is 32.2. The first-order valence-corrected chi connectivity index (χ1v) is 17.6. The van der Waals surface area contributed by atoms with E-state index in [-0.39, 0.29) is 0 Å². The maximum absolute atomic E-state index is 6.07. The highest BCUT2D eigenvalue weighted by Crippen LogP contribution is 2.34. The van der Waals surface area contributed by atoms with Crippen molar-refractivity contribution < 1.29 is 0 Å². The molecule has 0 spiro atoms. The molecule has 0 bridgehead atoms. The van der Waals surface area contributed by atoms with Crippen LogP contribution < -0.4 is 4.90 Å². The summed E-state index contributed by atoms with van der Waals surface area (Å²) in [5.41, 5.74) is 8.61. The molecule has 3 aromatic carbocycles. The van der Waals surface area contributed by atoms with Crippen molar-refractivity contribution in [3.8, 4) is 35.4 Å². The number of hydrogen-bond donors (Lipinski definition) is 0. The van der Waals surface area contributed by atoms with Crippen molar-refractivity contribution in [2.24, 2.45) is 4.99 Å². The van der Waals surface area contributed by atoms with Gasteiger partial charge in [-0.25, -0.2) is 0 Å². The largest absolute Gasteiger partial charge is 0.296 e. The number of rotatable bonds is 15. The maximum atomic E-state index is 6.07. The molecule has 0 atom stereocenters. The molecular formula is C42H52N2S. The van der Waals surface area contributed by atoms with E-state index in [2.05, 4.69) is 106 Å². The number of nitrogens with zero attached hydrogens (tertiary/aromatic N) is 2. The molecule has 3 aromatic rings. The zero-order valence-corrected chi connectivity index (χ0v) is 29.3. The molecule has 0 radical (unpaired) electrons. The summed E-state index contributed by atoms with van der Waals surface area (Å²) in [4.78, 5) is 7.85. The third kappa shape index (κ3) is 12.9. The number of allylic oxidation sites excluding steroid dienone is 2. The molecule has 0 aliphatic rings. The van der Waals surface area contributed by atoms with Crippen LogP contribution in [0.25, 0.3) is 11.1 Å². The number of unbranched alkanes of at least 4 members (excludes halogenated alkanes) is 5. The van der Waals surface area contributed by atoms with E-state index in [4.69, 9.17) is 11.4 Å². The van der Waals surface area contributed by atoms with Crippen molar-refractivity contribution in [1.82, 2.24) is 0 Å². The highest BCUT2D eigenvalue weighted by molar-refractivity contribution is 7.98. The van der Waals surface area contributed by atoms with E-state index in [1.807, 2.05) is 43.2 Å². The summed E-state index contributed by atoms with van der Waals surface area (Å²) in [7, 11) is 0. The van der Waals surface area contributed by atoms with E-state index in [9.17, 15) is 0 Å². The average Bonchev–Trinajstić information content (AvgIpc) is 3.08.